The second-order valence-electron chi connectivity index (χ2n) is 17.8. The summed E-state index contributed by atoms with van der Waals surface area (Å²) < 4.78 is 115. The Morgan fingerprint density at radius 3 is 2.00 bits per heavy atom. The van der Waals surface area contributed by atoms with Crippen LogP contribution < -0.4 is 0 Å². The first kappa shape index (κ1) is 31.5. The zero-order valence-corrected chi connectivity index (χ0v) is 39.5. The number of phenolic OH excluding ortho intramolecular Hbond substituents is 1. The van der Waals surface area contributed by atoms with Gasteiger partial charge in [-0.1, -0.05) is 174 Å². The van der Waals surface area contributed by atoms with Crippen molar-refractivity contribution < 1.29 is 44.0 Å². The molecular formula is C60H56N3OPt-. The molecule has 0 aliphatic heterocycles. The number of aromatic hydroxyl groups is 1. The predicted octanol–water partition coefficient (Wildman–Crippen LogP) is 16.1. The van der Waals surface area contributed by atoms with E-state index in [1.54, 1.807) is 12.1 Å². The molecule has 2 aromatic heterocycles. The first-order chi connectivity index (χ1) is 36.1. The van der Waals surface area contributed by atoms with Gasteiger partial charge in [-0.3, -0.25) is 9.55 Å². The van der Waals surface area contributed by atoms with Crippen molar-refractivity contribution in [3.63, 3.8) is 0 Å². The summed E-state index contributed by atoms with van der Waals surface area (Å²) in [6.45, 7) is 8.67. The topological polar surface area (TPSA) is 50.9 Å². The van der Waals surface area contributed by atoms with Gasteiger partial charge in [-0.15, -0.1) is 29.3 Å². The monoisotopic (exact) mass is 1040 g/mol. The Morgan fingerprint density at radius 2 is 1.35 bits per heavy atom. The largest absolute Gasteiger partial charge is 0.507 e. The fraction of sp³-hybridized carbons (Fsp3) is 0.200. The Bertz CT molecular complexity index is 3780. The SMILES string of the molecule is [2H]c1nc(-c2[c-]c(-c3cccc4c3nc(-c3cc(C(C)C)cc(C(C)C)c3O)n4-c3cc(-c4ccccc4)c(C([2H])([2H])[2H])cc3-c3ccccc3)cc(C(C)(C)C)c2)c([2H])c(-c2c([2H])c([2H])c(C([2H])([2H])[2H])c([2H])c2[2H])c1[2H].[Pt]. The van der Waals surface area contributed by atoms with Gasteiger partial charge < -0.3 is 5.11 Å². The van der Waals surface area contributed by atoms with Gasteiger partial charge in [-0.2, -0.15) is 0 Å². The second kappa shape index (κ2) is 18.3. The minimum atomic E-state index is -3.00. The molecule has 4 nitrogen and oxygen atoms in total. The van der Waals surface area contributed by atoms with Crippen LogP contribution >= 0.6 is 0 Å². The molecule has 0 fully saturated rings. The molecule has 0 spiro atoms. The number of pyridine rings is 1. The van der Waals surface area contributed by atoms with Gasteiger partial charge in [0.2, 0.25) is 0 Å². The third kappa shape index (κ3) is 8.90. The van der Waals surface area contributed by atoms with Crippen molar-refractivity contribution >= 4 is 11.0 Å². The van der Waals surface area contributed by atoms with Gasteiger partial charge in [-0.25, -0.2) is 4.98 Å². The number of hydrogen-bond donors (Lipinski definition) is 1. The molecule has 0 saturated heterocycles. The molecule has 0 aliphatic carbocycles. The molecule has 0 unspecified atom stereocenters. The molecule has 0 radical (unpaired) electrons. The van der Waals surface area contributed by atoms with E-state index in [4.69, 9.17) is 21.4 Å². The van der Waals surface area contributed by atoms with Crippen LogP contribution in [0, 0.1) is 19.8 Å². The van der Waals surface area contributed by atoms with E-state index < -0.39 is 78.2 Å². The Morgan fingerprint density at radius 1 is 0.662 bits per heavy atom. The van der Waals surface area contributed by atoms with E-state index in [1.165, 1.54) is 0 Å². The van der Waals surface area contributed by atoms with Crippen LogP contribution in [0.5, 0.6) is 5.75 Å². The van der Waals surface area contributed by atoms with Crippen molar-refractivity contribution in [1.82, 2.24) is 14.5 Å². The standard InChI is InChI=1S/C60H56N3O.Pt/c1-37(2)45-33-50(38(3)4)58(64)53(34-45)59-62-57-49(46-30-47(32-48(31-46)60(7,8)9)54-35-44(27-28-61-54)41-25-23-39(5)24-26-41)21-16-22-55(57)63(59)56-36-51(42-17-12-10-13-18-42)40(6)29-52(56)43-19-14-11-15-20-43;/h10-29,31-38,64H,1-9H3;/q-1;/i5D3,6D3,23D,24D,25D,26D,27D,28D,35D;. The summed E-state index contributed by atoms with van der Waals surface area (Å²) >= 11 is 0. The van der Waals surface area contributed by atoms with E-state index in [0.717, 1.165) is 22.3 Å². The minimum absolute atomic E-state index is 0. The maximum absolute atomic E-state index is 12.5. The molecular weight excluding hydrogens is 974 g/mol. The molecule has 1 N–H and O–H groups in total. The van der Waals surface area contributed by atoms with Gasteiger partial charge in [0.25, 0.3) is 0 Å². The molecule has 0 amide bonds. The predicted molar refractivity (Wildman–Crippen MR) is 268 cm³/mol. The van der Waals surface area contributed by atoms with Gasteiger partial charge in [-0.05, 0) is 106 Å². The van der Waals surface area contributed by atoms with Crippen molar-refractivity contribution in [2.45, 2.75) is 79.4 Å². The van der Waals surface area contributed by atoms with E-state index >= 15 is 0 Å². The van der Waals surface area contributed by atoms with Crippen molar-refractivity contribution in [3.8, 4) is 78.6 Å². The number of rotatable bonds is 9. The number of phenols is 1. The van der Waals surface area contributed by atoms with Crippen molar-refractivity contribution in [3.05, 3.63) is 192 Å². The number of benzene rings is 7. The summed E-state index contributed by atoms with van der Waals surface area (Å²) in [6.07, 6.45) is -0.623. The molecule has 65 heavy (non-hydrogen) atoms. The van der Waals surface area contributed by atoms with Crippen LogP contribution in [0.3, 0.4) is 0 Å². The normalized spacial score (nSPS) is 14.9. The minimum Gasteiger partial charge on any atom is -0.507 e. The molecule has 2 heterocycles. The second-order valence-corrected chi connectivity index (χ2v) is 17.8. The summed E-state index contributed by atoms with van der Waals surface area (Å²) in [6, 6.07) is 34.9. The average Bonchev–Trinajstić information content (AvgIpc) is 3.81. The molecule has 7 aromatic carbocycles. The number of nitrogens with zero attached hydrogens (tertiary/aromatic N) is 3. The van der Waals surface area contributed by atoms with Gasteiger partial charge in [0.05, 0.1) is 31.9 Å². The molecule has 9 rings (SSSR count). The molecule has 0 saturated carbocycles. The van der Waals surface area contributed by atoms with Crippen LogP contribution in [0.25, 0.3) is 83.9 Å². The number of aryl methyl sites for hydroxylation is 1. The Labute approximate surface area is 417 Å². The number of hydrogen-bond acceptors (Lipinski definition) is 3. The molecule has 0 atom stereocenters. The van der Waals surface area contributed by atoms with Crippen LogP contribution in [-0.2, 0) is 26.5 Å². The summed E-state index contributed by atoms with van der Waals surface area (Å²) in [4.78, 5) is 9.93. The van der Waals surface area contributed by atoms with Gasteiger partial charge in [0, 0.05) is 46.7 Å². The summed E-state index contributed by atoms with van der Waals surface area (Å²) in [7, 11) is 0. The van der Waals surface area contributed by atoms with E-state index in [2.05, 4.69) is 24.9 Å². The Kier molecular flexibility index (Phi) is 8.85. The third-order valence-corrected chi connectivity index (χ3v) is 11.7. The molecule has 328 valence electrons. The van der Waals surface area contributed by atoms with Crippen LogP contribution in [-0.4, -0.2) is 19.6 Å². The Hall–Kier alpha value is -6.35. The zero-order chi connectivity index (χ0) is 56.0. The average molecular weight is 1040 g/mol. The third-order valence-electron chi connectivity index (χ3n) is 11.7. The van der Waals surface area contributed by atoms with Crippen LogP contribution in [0.1, 0.15) is 106 Å². The van der Waals surface area contributed by atoms with Crippen LogP contribution in [0.15, 0.2) is 158 Å². The number of fused-ring (bicyclic) bond motifs is 1. The van der Waals surface area contributed by atoms with Gasteiger partial charge in [0.1, 0.15) is 11.6 Å². The number of aromatic nitrogens is 3. The van der Waals surface area contributed by atoms with Crippen LogP contribution in [0.4, 0.5) is 0 Å². The molecule has 0 bridgehead atoms. The fourth-order valence-electron chi connectivity index (χ4n) is 8.13. The quantitative estimate of drug-likeness (QED) is 0.147. The summed E-state index contributed by atoms with van der Waals surface area (Å²) in [5.74, 6) is 0.378. The summed E-state index contributed by atoms with van der Waals surface area (Å²) in [5, 5.41) is 12.5. The van der Waals surface area contributed by atoms with Crippen LogP contribution in [0.2, 0.25) is 0 Å². The number of imidazole rings is 1. The van der Waals surface area contributed by atoms with Crippen molar-refractivity contribution in [1.29, 1.82) is 0 Å². The smallest absolute Gasteiger partial charge is 0.148 e. The van der Waals surface area contributed by atoms with E-state index in [1.807, 2.05) is 142 Å². The summed E-state index contributed by atoms with van der Waals surface area (Å²) in [5.41, 5.74) is 6.01. The molecule has 5 heteroatoms. The first-order valence-corrected chi connectivity index (χ1v) is 21.5. The van der Waals surface area contributed by atoms with Crippen molar-refractivity contribution in [2.24, 2.45) is 0 Å². The molecule has 0 aliphatic rings. The maximum Gasteiger partial charge on any atom is 0.148 e. The van der Waals surface area contributed by atoms with E-state index in [0.29, 0.717) is 55.9 Å². The molecule has 9 aromatic rings. The fourth-order valence-corrected chi connectivity index (χ4v) is 8.13. The van der Waals surface area contributed by atoms with Crippen molar-refractivity contribution in [2.75, 3.05) is 0 Å². The zero-order valence-electron chi connectivity index (χ0n) is 50.2. The number of para-hydroxylation sites is 1. The first-order valence-electron chi connectivity index (χ1n) is 28.0. The van der Waals surface area contributed by atoms with Gasteiger partial charge in [0.15, 0.2) is 0 Å². The Balaban J connectivity index is 0.00000803. The maximum atomic E-state index is 12.5. The van der Waals surface area contributed by atoms with Gasteiger partial charge >= 0.3 is 0 Å². The van der Waals surface area contributed by atoms with E-state index in [9.17, 15) is 6.48 Å². The van der Waals surface area contributed by atoms with E-state index in [-0.39, 0.29) is 55.5 Å².